The Hall–Kier alpha value is 1.18. The van der Waals surface area contributed by atoms with Crippen LogP contribution in [0.3, 0.4) is 0 Å². The highest BCUT2D eigenvalue weighted by atomic mass is 35.5. The van der Waals surface area contributed by atoms with Gasteiger partial charge in [0, 0.05) is 13.1 Å². The fraction of sp³-hybridized carbons (Fsp3) is 1.00. The molecule has 0 amide bonds. The Labute approximate surface area is 81.3 Å². The Morgan fingerprint density at radius 1 is 1.00 bits per heavy atom. The van der Waals surface area contributed by atoms with Crippen molar-refractivity contribution in [1.82, 2.24) is 4.31 Å². The lowest BCUT2D eigenvalue weighted by atomic mass is 10.7. The van der Waals surface area contributed by atoms with Crippen molar-refractivity contribution in [2.24, 2.45) is 0 Å². The SMILES string of the molecule is CCN(S)CC.Cl.Cl.Cl. The third-order valence-corrected chi connectivity index (χ3v) is 1.30. The molecule has 0 rings (SSSR count). The van der Waals surface area contributed by atoms with Crippen LogP contribution < -0.4 is 0 Å². The van der Waals surface area contributed by atoms with Gasteiger partial charge in [0.2, 0.25) is 0 Å². The van der Waals surface area contributed by atoms with Gasteiger partial charge < -0.3 is 0 Å². The number of halogens is 3. The summed E-state index contributed by atoms with van der Waals surface area (Å²) in [7, 11) is 0. The second-order valence-electron chi connectivity index (χ2n) is 1.14. The van der Waals surface area contributed by atoms with Crippen LogP contribution >= 0.6 is 50.0 Å². The standard InChI is InChI=1S/C4H11NS.3ClH/c1-3-5(6)4-2;;;/h6H,3-4H2,1-2H3;3*1H. The summed E-state index contributed by atoms with van der Waals surface area (Å²) in [5.74, 6) is 0. The molecular weight excluding hydrogens is 200 g/mol. The van der Waals surface area contributed by atoms with Gasteiger partial charge in [0.15, 0.2) is 0 Å². The first-order valence-electron chi connectivity index (χ1n) is 2.25. The van der Waals surface area contributed by atoms with Crippen LogP contribution in [0, 0.1) is 0 Å². The number of hydrogen-bond acceptors (Lipinski definition) is 2. The van der Waals surface area contributed by atoms with E-state index in [0.717, 1.165) is 13.1 Å². The van der Waals surface area contributed by atoms with Crippen LogP contribution in [-0.2, 0) is 0 Å². The number of nitrogens with zero attached hydrogens (tertiary/aromatic N) is 1. The Kier molecular flexibility index (Phi) is 40.1. The van der Waals surface area contributed by atoms with Gasteiger partial charge in [0.1, 0.15) is 0 Å². The first kappa shape index (κ1) is 22.5. The monoisotopic (exact) mass is 213 g/mol. The molecule has 0 saturated carbocycles. The summed E-state index contributed by atoms with van der Waals surface area (Å²) in [6, 6.07) is 0. The first-order chi connectivity index (χ1) is 2.81. The predicted octanol–water partition coefficient (Wildman–Crippen LogP) is 2.44. The van der Waals surface area contributed by atoms with Crippen molar-refractivity contribution in [1.29, 1.82) is 0 Å². The summed E-state index contributed by atoms with van der Waals surface area (Å²) < 4.78 is 1.94. The minimum Gasteiger partial charge on any atom is -0.254 e. The molecule has 0 aliphatic rings. The van der Waals surface area contributed by atoms with E-state index in [9.17, 15) is 0 Å². The smallest absolute Gasteiger partial charge is 0.00584 e. The van der Waals surface area contributed by atoms with E-state index in [0.29, 0.717) is 0 Å². The second kappa shape index (κ2) is 16.1. The molecule has 1 nitrogen and oxygen atoms in total. The van der Waals surface area contributed by atoms with Crippen molar-refractivity contribution in [3.8, 4) is 0 Å². The molecule has 0 aliphatic heterocycles. The van der Waals surface area contributed by atoms with Crippen molar-refractivity contribution in [2.75, 3.05) is 13.1 Å². The van der Waals surface area contributed by atoms with E-state index in [4.69, 9.17) is 0 Å². The van der Waals surface area contributed by atoms with E-state index >= 15 is 0 Å². The molecule has 5 heteroatoms. The molecular formula is C4H14Cl3NS. The minimum atomic E-state index is 0. The van der Waals surface area contributed by atoms with Crippen LogP contribution in [0.2, 0.25) is 0 Å². The molecule has 0 aliphatic carbocycles. The molecule has 0 N–H and O–H groups in total. The Balaban J connectivity index is -0.0000000417. The summed E-state index contributed by atoms with van der Waals surface area (Å²) in [6.45, 7) is 6.21. The highest BCUT2D eigenvalue weighted by Gasteiger charge is 1.83. The molecule has 0 spiro atoms. The summed E-state index contributed by atoms with van der Waals surface area (Å²) in [5, 5.41) is 0. The van der Waals surface area contributed by atoms with Gasteiger partial charge in [-0.3, -0.25) is 4.31 Å². The van der Waals surface area contributed by atoms with E-state index in [1.807, 2.05) is 4.31 Å². The Morgan fingerprint density at radius 3 is 1.22 bits per heavy atom. The maximum Gasteiger partial charge on any atom is 0.00584 e. The first-order valence-corrected chi connectivity index (χ1v) is 2.65. The highest BCUT2D eigenvalue weighted by Crippen LogP contribution is 1.86. The average Bonchev–Trinajstić information content (AvgIpc) is 1.65. The fourth-order valence-corrected chi connectivity index (χ4v) is 0.224. The lowest BCUT2D eigenvalue weighted by Crippen LogP contribution is -2.08. The van der Waals surface area contributed by atoms with Gasteiger partial charge >= 0.3 is 0 Å². The van der Waals surface area contributed by atoms with E-state index < -0.39 is 0 Å². The van der Waals surface area contributed by atoms with E-state index in [-0.39, 0.29) is 37.2 Å². The molecule has 0 aromatic carbocycles. The van der Waals surface area contributed by atoms with Crippen LogP contribution in [0.15, 0.2) is 0 Å². The summed E-state index contributed by atoms with van der Waals surface area (Å²) in [5.41, 5.74) is 0. The Morgan fingerprint density at radius 2 is 1.22 bits per heavy atom. The lowest BCUT2D eigenvalue weighted by molar-refractivity contribution is 0.532. The molecule has 0 saturated heterocycles. The fourth-order valence-electron chi connectivity index (χ4n) is 0.224. The van der Waals surface area contributed by atoms with Crippen molar-refractivity contribution in [2.45, 2.75) is 13.8 Å². The quantitative estimate of drug-likeness (QED) is 0.691. The van der Waals surface area contributed by atoms with Crippen LogP contribution in [-0.4, -0.2) is 17.4 Å². The second-order valence-corrected chi connectivity index (χ2v) is 1.70. The molecule has 0 bridgehead atoms. The Bertz CT molecular complexity index is 35.0. The van der Waals surface area contributed by atoms with Crippen molar-refractivity contribution in [3.05, 3.63) is 0 Å². The minimum absolute atomic E-state index is 0. The molecule has 0 atom stereocenters. The largest absolute Gasteiger partial charge is 0.254 e. The number of rotatable bonds is 2. The molecule has 0 fully saturated rings. The van der Waals surface area contributed by atoms with E-state index in [1.165, 1.54) is 0 Å². The average molecular weight is 215 g/mol. The molecule has 0 unspecified atom stereocenters. The van der Waals surface area contributed by atoms with Crippen molar-refractivity contribution < 1.29 is 0 Å². The van der Waals surface area contributed by atoms with Crippen molar-refractivity contribution in [3.63, 3.8) is 0 Å². The molecule has 0 radical (unpaired) electrons. The van der Waals surface area contributed by atoms with Crippen LogP contribution in [0.4, 0.5) is 0 Å². The van der Waals surface area contributed by atoms with Crippen LogP contribution in [0.1, 0.15) is 13.8 Å². The molecule has 62 valence electrons. The zero-order chi connectivity index (χ0) is 4.99. The van der Waals surface area contributed by atoms with E-state index in [2.05, 4.69) is 26.7 Å². The van der Waals surface area contributed by atoms with Crippen molar-refractivity contribution >= 4 is 50.0 Å². The summed E-state index contributed by atoms with van der Waals surface area (Å²) in [6.07, 6.45) is 0. The molecule has 0 aromatic rings. The highest BCUT2D eigenvalue weighted by molar-refractivity contribution is 7.77. The molecule has 9 heavy (non-hydrogen) atoms. The topological polar surface area (TPSA) is 3.24 Å². The van der Waals surface area contributed by atoms with Crippen LogP contribution in [0.5, 0.6) is 0 Å². The molecule has 0 heterocycles. The van der Waals surface area contributed by atoms with Crippen LogP contribution in [0.25, 0.3) is 0 Å². The lowest BCUT2D eigenvalue weighted by Gasteiger charge is -2.05. The molecule has 0 aromatic heterocycles. The summed E-state index contributed by atoms with van der Waals surface area (Å²) >= 11 is 4.06. The van der Waals surface area contributed by atoms with Gasteiger partial charge in [-0.05, 0) is 0 Å². The predicted molar refractivity (Wildman–Crippen MR) is 53.7 cm³/mol. The zero-order valence-corrected chi connectivity index (χ0v) is 8.88. The maximum atomic E-state index is 4.06. The van der Waals surface area contributed by atoms with Gasteiger partial charge in [-0.25, -0.2) is 0 Å². The normalized spacial score (nSPS) is 6.67. The van der Waals surface area contributed by atoms with Gasteiger partial charge in [-0.15, -0.1) is 37.2 Å². The van der Waals surface area contributed by atoms with Gasteiger partial charge in [-0.2, -0.15) is 0 Å². The third-order valence-electron chi connectivity index (χ3n) is 0.730. The van der Waals surface area contributed by atoms with Gasteiger partial charge in [0.05, 0.1) is 0 Å². The number of hydrogen-bond donors (Lipinski definition) is 1. The van der Waals surface area contributed by atoms with Gasteiger partial charge in [-0.1, -0.05) is 26.7 Å². The third kappa shape index (κ3) is 17.6. The summed E-state index contributed by atoms with van der Waals surface area (Å²) in [4.78, 5) is 0. The number of thiol groups is 1. The zero-order valence-electron chi connectivity index (χ0n) is 5.53. The van der Waals surface area contributed by atoms with E-state index in [1.54, 1.807) is 0 Å². The maximum absolute atomic E-state index is 4.06. The van der Waals surface area contributed by atoms with Gasteiger partial charge in [0.25, 0.3) is 0 Å².